The van der Waals surface area contributed by atoms with Gasteiger partial charge in [0.15, 0.2) is 0 Å². The first kappa shape index (κ1) is 17.5. The highest BCUT2D eigenvalue weighted by atomic mass is 35.5. The van der Waals surface area contributed by atoms with Crippen molar-refractivity contribution in [1.29, 1.82) is 0 Å². The van der Waals surface area contributed by atoms with Crippen molar-refractivity contribution in [3.05, 3.63) is 70.7 Å². The molecule has 130 valence electrons. The van der Waals surface area contributed by atoms with E-state index in [1.165, 1.54) is 7.11 Å². The number of halogens is 1. The maximum absolute atomic E-state index is 12.9. The van der Waals surface area contributed by atoms with Crippen LogP contribution in [0, 0.1) is 5.92 Å². The lowest BCUT2D eigenvalue weighted by atomic mass is 10.1. The van der Waals surface area contributed by atoms with Gasteiger partial charge in [0.2, 0.25) is 5.91 Å². The summed E-state index contributed by atoms with van der Waals surface area (Å²) in [5.74, 6) is -0.455. The zero-order chi connectivity index (χ0) is 17.8. The second kappa shape index (κ2) is 7.70. The van der Waals surface area contributed by atoms with Crippen molar-refractivity contribution < 1.29 is 14.3 Å². The molecule has 1 saturated carbocycles. The van der Waals surface area contributed by atoms with Crippen LogP contribution in [0.15, 0.2) is 54.6 Å². The Morgan fingerprint density at radius 3 is 2.48 bits per heavy atom. The van der Waals surface area contributed by atoms with Gasteiger partial charge in [-0.1, -0.05) is 60.1 Å². The number of hydrogen-bond acceptors (Lipinski definition) is 3. The van der Waals surface area contributed by atoms with Crippen LogP contribution in [0.4, 0.5) is 0 Å². The van der Waals surface area contributed by atoms with Gasteiger partial charge in [-0.2, -0.15) is 0 Å². The molecule has 0 N–H and O–H groups in total. The van der Waals surface area contributed by atoms with Gasteiger partial charge in [-0.15, -0.1) is 0 Å². The molecule has 0 saturated heterocycles. The van der Waals surface area contributed by atoms with E-state index in [0.717, 1.165) is 17.5 Å². The van der Waals surface area contributed by atoms with Gasteiger partial charge in [0.25, 0.3) is 0 Å². The van der Waals surface area contributed by atoms with E-state index in [1.54, 1.807) is 4.90 Å². The average molecular weight is 358 g/mol. The molecule has 1 aliphatic rings. The Balaban J connectivity index is 1.73. The van der Waals surface area contributed by atoms with Gasteiger partial charge in [-0.25, -0.2) is 0 Å². The van der Waals surface area contributed by atoms with Crippen LogP contribution in [0.2, 0.25) is 5.02 Å². The molecule has 3 rings (SSSR count). The van der Waals surface area contributed by atoms with E-state index >= 15 is 0 Å². The number of amides is 1. The summed E-state index contributed by atoms with van der Waals surface area (Å²) >= 11 is 6.25. The number of esters is 1. The van der Waals surface area contributed by atoms with Crippen LogP contribution in [-0.2, 0) is 20.9 Å². The zero-order valence-corrected chi connectivity index (χ0v) is 14.8. The first-order valence-corrected chi connectivity index (χ1v) is 8.62. The summed E-state index contributed by atoms with van der Waals surface area (Å²) in [7, 11) is 1.33. The van der Waals surface area contributed by atoms with Crippen molar-refractivity contribution in [2.75, 3.05) is 13.7 Å². The molecule has 2 aromatic carbocycles. The molecule has 1 aliphatic carbocycles. The van der Waals surface area contributed by atoms with Gasteiger partial charge in [0, 0.05) is 17.5 Å². The lowest BCUT2D eigenvalue weighted by molar-refractivity contribution is -0.147. The number of nitrogens with zero attached hydrogens (tertiary/aromatic N) is 1. The normalized spacial score (nSPS) is 18.5. The lowest BCUT2D eigenvalue weighted by Gasteiger charge is -2.22. The standard InChI is InChI=1S/C20H20ClNO3/c1-25-19(23)13-22(12-14-7-3-2-4-8-14)20(24)17-11-16(17)15-9-5-6-10-18(15)21/h2-10,16-17H,11-13H2,1H3. The quantitative estimate of drug-likeness (QED) is 0.741. The molecule has 2 unspecified atom stereocenters. The van der Waals surface area contributed by atoms with Crippen LogP contribution in [0.25, 0.3) is 0 Å². The number of carbonyl (C=O) groups is 2. The Bertz CT molecular complexity index is 763. The molecule has 5 heteroatoms. The highest BCUT2D eigenvalue weighted by Gasteiger charge is 2.46. The lowest BCUT2D eigenvalue weighted by Crippen LogP contribution is -2.37. The predicted octanol–water partition coefficient (Wildman–Crippen LogP) is 3.65. The summed E-state index contributed by atoms with van der Waals surface area (Å²) in [6, 6.07) is 17.2. The Morgan fingerprint density at radius 2 is 1.80 bits per heavy atom. The Morgan fingerprint density at radius 1 is 1.12 bits per heavy atom. The van der Waals surface area contributed by atoms with Gasteiger partial charge < -0.3 is 9.64 Å². The van der Waals surface area contributed by atoms with Crippen LogP contribution >= 0.6 is 11.6 Å². The topological polar surface area (TPSA) is 46.6 Å². The number of methoxy groups -OCH3 is 1. The summed E-state index contributed by atoms with van der Waals surface area (Å²) in [5, 5.41) is 0.686. The van der Waals surface area contributed by atoms with Gasteiger partial charge in [-0.05, 0) is 29.5 Å². The van der Waals surface area contributed by atoms with Crippen LogP contribution in [0.5, 0.6) is 0 Å². The van der Waals surface area contributed by atoms with E-state index in [2.05, 4.69) is 0 Å². The molecular weight excluding hydrogens is 338 g/mol. The molecule has 0 spiro atoms. The summed E-state index contributed by atoms with van der Waals surface area (Å²) < 4.78 is 4.75. The van der Waals surface area contributed by atoms with Crippen molar-refractivity contribution in [2.45, 2.75) is 18.9 Å². The molecular formula is C20H20ClNO3. The van der Waals surface area contributed by atoms with Gasteiger partial charge in [0.05, 0.1) is 7.11 Å². The van der Waals surface area contributed by atoms with E-state index in [9.17, 15) is 9.59 Å². The number of benzene rings is 2. The third-order valence-electron chi connectivity index (χ3n) is 4.49. The van der Waals surface area contributed by atoms with Crippen LogP contribution in [0.3, 0.4) is 0 Å². The molecule has 0 aromatic heterocycles. The number of carbonyl (C=O) groups excluding carboxylic acids is 2. The maximum atomic E-state index is 12.9. The number of rotatable bonds is 6. The van der Waals surface area contributed by atoms with Crippen molar-refractivity contribution >= 4 is 23.5 Å². The fraction of sp³-hybridized carbons (Fsp3) is 0.300. The van der Waals surface area contributed by atoms with E-state index in [0.29, 0.717) is 11.6 Å². The van der Waals surface area contributed by atoms with Crippen molar-refractivity contribution in [3.8, 4) is 0 Å². The summed E-state index contributed by atoms with van der Waals surface area (Å²) in [6.45, 7) is 0.344. The molecule has 25 heavy (non-hydrogen) atoms. The van der Waals surface area contributed by atoms with Crippen LogP contribution in [0.1, 0.15) is 23.5 Å². The first-order valence-electron chi connectivity index (χ1n) is 8.24. The minimum atomic E-state index is -0.417. The largest absolute Gasteiger partial charge is 0.468 e. The monoisotopic (exact) mass is 357 g/mol. The summed E-state index contributed by atoms with van der Waals surface area (Å²) in [5.41, 5.74) is 1.98. The molecule has 0 heterocycles. The SMILES string of the molecule is COC(=O)CN(Cc1ccccc1)C(=O)C1CC1c1ccccc1Cl. The van der Waals surface area contributed by atoms with Gasteiger partial charge >= 0.3 is 5.97 Å². The fourth-order valence-corrected chi connectivity index (χ4v) is 3.33. The Labute approximate surface area is 152 Å². The molecule has 0 radical (unpaired) electrons. The second-order valence-corrected chi connectivity index (χ2v) is 6.63. The predicted molar refractivity (Wildman–Crippen MR) is 96.2 cm³/mol. The molecule has 2 atom stereocenters. The summed E-state index contributed by atoms with van der Waals surface area (Å²) in [6.07, 6.45) is 0.759. The zero-order valence-electron chi connectivity index (χ0n) is 14.0. The molecule has 0 aliphatic heterocycles. The molecule has 4 nitrogen and oxygen atoms in total. The maximum Gasteiger partial charge on any atom is 0.325 e. The van der Waals surface area contributed by atoms with Crippen molar-refractivity contribution in [2.24, 2.45) is 5.92 Å². The molecule has 1 amide bonds. The number of hydrogen-bond donors (Lipinski definition) is 0. The third-order valence-corrected chi connectivity index (χ3v) is 4.83. The number of ether oxygens (including phenoxy) is 1. The Hall–Kier alpha value is -2.33. The molecule has 1 fully saturated rings. The van der Waals surface area contributed by atoms with E-state index in [4.69, 9.17) is 16.3 Å². The highest BCUT2D eigenvalue weighted by molar-refractivity contribution is 6.31. The van der Waals surface area contributed by atoms with Crippen molar-refractivity contribution in [3.63, 3.8) is 0 Å². The fourth-order valence-electron chi connectivity index (χ4n) is 3.06. The molecule has 0 bridgehead atoms. The molecule has 2 aromatic rings. The van der Waals surface area contributed by atoms with Crippen molar-refractivity contribution in [1.82, 2.24) is 4.90 Å². The minimum Gasteiger partial charge on any atom is -0.468 e. The van der Waals surface area contributed by atoms with Gasteiger partial charge in [0.1, 0.15) is 6.54 Å². The summed E-state index contributed by atoms with van der Waals surface area (Å²) in [4.78, 5) is 26.2. The van der Waals surface area contributed by atoms with E-state index in [-0.39, 0.29) is 24.3 Å². The smallest absolute Gasteiger partial charge is 0.325 e. The second-order valence-electron chi connectivity index (χ2n) is 6.23. The highest BCUT2D eigenvalue weighted by Crippen LogP contribution is 2.50. The average Bonchev–Trinajstić information content (AvgIpc) is 3.42. The van der Waals surface area contributed by atoms with E-state index in [1.807, 2.05) is 54.6 Å². The van der Waals surface area contributed by atoms with Crippen LogP contribution in [-0.4, -0.2) is 30.4 Å². The minimum absolute atomic E-state index is 0.0285. The Kier molecular flexibility index (Phi) is 5.39. The third kappa shape index (κ3) is 4.20. The van der Waals surface area contributed by atoms with E-state index < -0.39 is 5.97 Å². The van der Waals surface area contributed by atoms with Gasteiger partial charge in [-0.3, -0.25) is 9.59 Å². The first-order chi connectivity index (χ1) is 12.1. The van der Waals surface area contributed by atoms with Crippen LogP contribution < -0.4 is 0 Å².